The van der Waals surface area contributed by atoms with Gasteiger partial charge in [-0.1, -0.05) is 34.1 Å². The number of para-hydroxylation sites is 1. The Morgan fingerprint density at radius 3 is 2.43 bits per heavy atom. The van der Waals surface area contributed by atoms with Crippen molar-refractivity contribution in [3.05, 3.63) is 59.7 Å². The van der Waals surface area contributed by atoms with Gasteiger partial charge in [0.25, 0.3) is 5.91 Å². The van der Waals surface area contributed by atoms with Crippen LogP contribution in [0.3, 0.4) is 0 Å². The summed E-state index contributed by atoms with van der Waals surface area (Å²) >= 11 is 3.42. The first-order chi connectivity index (χ1) is 10.1. The number of hydrogen-bond acceptors (Lipinski definition) is 2. The Labute approximate surface area is 133 Å². The van der Waals surface area contributed by atoms with Gasteiger partial charge in [0.05, 0.1) is 6.10 Å². The van der Waals surface area contributed by atoms with Crippen LogP contribution in [0.4, 0.5) is 5.69 Å². The van der Waals surface area contributed by atoms with Gasteiger partial charge in [0, 0.05) is 16.6 Å². The second kappa shape index (κ2) is 7.27. The summed E-state index contributed by atoms with van der Waals surface area (Å²) in [6.45, 7) is 3.94. The van der Waals surface area contributed by atoms with E-state index in [1.54, 1.807) is 12.1 Å². The van der Waals surface area contributed by atoms with Gasteiger partial charge in [-0.3, -0.25) is 4.79 Å². The number of anilines is 1. The molecule has 110 valence electrons. The van der Waals surface area contributed by atoms with E-state index in [0.29, 0.717) is 10.9 Å². The minimum Gasteiger partial charge on any atom is -0.491 e. The first-order valence-corrected chi connectivity index (χ1v) is 7.94. The molecule has 0 fully saturated rings. The molecule has 0 aromatic heterocycles. The number of halogens is 1. The van der Waals surface area contributed by atoms with Gasteiger partial charge >= 0.3 is 0 Å². The maximum Gasteiger partial charge on any atom is 0.255 e. The normalized spacial score (nSPS) is 10.5. The van der Waals surface area contributed by atoms with E-state index in [1.807, 2.05) is 50.2 Å². The van der Waals surface area contributed by atoms with Crippen LogP contribution in [0.2, 0.25) is 0 Å². The zero-order valence-corrected chi connectivity index (χ0v) is 13.7. The lowest BCUT2D eigenvalue weighted by atomic mass is 10.1. The summed E-state index contributed by atoms with van der Waals surface area (Å²) < 4.78 is 5.57. The number of hydrogen-bond donors (Lipinski definition) is 1. The molecule has 0 saturated carbocycles. The molecule has 4 heteroatoms. The summed E-state index contributed by atoms with van der Waals surface area (Å²) in [5.74, 6) is 0.641. The molecule has 0 bridgehead atoms. The van der Waals surface area contributed by atoms with E-state index in [0.717, 1.165) is 17.0 Å². The molecular formula is C17H18BrNO2. The number of amides is 1. The van der Waals surface area contributed by atoms with Crippen LogP contribution >= 0.6 is 15.9 Å². The number of alkyl halides is 1. The Morgan fingerprint density at radius 2 is 1.81 bits per heavy atom. The van der Waals surface area contributed by atoms with Crippen molar-refractivity contribution < 1.29 is 9.53 Å². The molecule has 2 aromatic carbocycles. The number of carbonyl (C=O) groups excluding carboxylic acids is 1. The van der Waals surface area contributed by atoms with E-state index in [4.69, 9.17) is 4.74 Å². The van der Waals surface area contributed by atoms with Gasteiger partial charge in [0.2, 0.25) is 0 Å². The van der Waals surface area contributed by atoms with Gasteiger partial charge in [0.1, 0.15) is 5.75 Å². The fourth-order valence-electron chi connectivity index (χ4n) is 1.91. The molecule has 3 nitrogen and oxygen atoms in total. The van der Waals surface area contributed by atoms with E-state index < -0.39 is 0 Å². The molecule has 0 spiro atoms. The molecule has 2 aromatic rings. The van der Waals surface area contributed by atoms with E-state index >= 15 is 0 Å². The predicted molar refractivity (Wildman–Crippen MR) is 89.2 cm³/mol. The zero-order chi connectivity index (χ0) is 15.2. The minimum absolute atomic E-state index is 0.121. The summed E-state index contributed by atoms with van der Waals surface area (Å²) in [6.07, 6.45) is 0.121. The fourth-order valence-corrected chi connectivity index (χ4v) is 2.40. The van der Waals surface area contributed by atoms with Gasteiger partial charge in [-0.2, -0.15) is 0 Å². The van der Waals surface area contributed by atoms with Crippen LogP contribution in [0.25, 0.3) is 0 Å². The smallest absolute Gasteiger partial charge is 0.255 e. The molecular weight excluding hydrogens is 330 g/mol. The third kappa shape index (κ3) is 4.33. The summed E-state index contributed by atoms with van der Waals surface area (Å²) in [4.78, 5) is 12.2. The van der Waals surface area contributed by atoms with Crippen molar-refractivity contribution >= 4 is 27.5 Å². The van der Waals surface area contributed by atoms with E-state index in [-0.39, 0.29) is 12.0 Å². The lowest BCUT2D eigenvalue weighted by molar-refractivity contribution is 0.102. The van der Waals surface area contributed by atoms with Crippen LogP contribution in [-0.4, -0.2) is 12.0 Å². The standard InChI is InChI=1S/C17H18BrNO2/c1-12(2)21-15-9-7-13(8-10-15)17(20)19-16-6-4-3-5-14(16)11-18/h3-10,12H,11H2,1-2H3,(H,19,20). The third-order valence-electron chi connectivity index (χ3n) is 2.90. The Bertz CT molecular complexity index is 608. The summed E-state index contributed by atoms with van der Waals surface area (Å²) in [6, 6.07) is 14.9. The van der Waals surface area contributed by atoms with Crippen LogP contribution < -0.4 is 10.1 Å². The summed E-state index contributed by atoms with van der Waals surface area (Å²) in [5, 5.41) is 3.63. The molecule has 0 radical (unpaired) electrons. The monoisotopic (exact) mass is 347 g/mol. The molecule has 0 aliphatic rings. The fraction of sp³-hybridized carbons (Fsp3) is 0.235. The zero-order valence-electron chi connectivity index (χ0n) is 12.1. The predicted octanol–water partition coefficient (Wildman–Crippen LogP) is 4.62. The quantitative estimate of drug-likeness (QED) is 0.801. The Morgan fingerprint density at radius 1 is 1.14 bits per heavy atom. The number of benzene rings is 2. The second-order valence-electron chi connectivity index (χ2n) is 4.94. The molecule has 0 unspecified atom stereocenters. The van der Waals surface area contributed by atoms with Crippen LogP contribution in [-0.2, 0) is 5.33 Å². The maximum atomic E-state index is 12.2. The first kappa shape index (κ1) is 15.6. The van der Waals surface area contributed by atoms with Gasteiger partial charge in [-0.05, 0) is 49.7 Å². The topological polar surface area (TPSA) is 38.3 Å². The third-order valence-corrected chi connectivity index (χ3v) is 3.50. The molecule has 1 N–H and O–H groups in total. The van der Waals surface area contributed by atoms with Crippen molar-refractivity contribution in [2.45, 2.75) is 25.3 Å². The van der Waals surface area contributed by atoms with E-state index in [9.17, 15) is 4.79 Å². The summed E-state index contributed by atoms with van der Waals surface area (Å²) in [5.41, 5.74) is 2.47. The molecule has 0 aliphatic heterocycles. The first-order valence-electron chi connectivity index (χ1n) is 6.82. The van der Waals surface area contributed by atoms with Crippen LogP contribution in [0.1, 0.15) is 29.8 Å². The van der Waals surface area contributed by atoms with Gasteiger partial charge in [-0.15, -0.1) is 0 Å². The molecule has 0 aliphatic carbocycles. The van der Waals surface area contributed by atoms with Crippen molar-refractivity contribution in [1.29, 1.82) is 0 Å². The highest BCUT2D eigenvalue weighted by Gasteiger charge is 2.09. The number of ether oxygens (including phenoxy) is 1. The van der Waals surface area contributed by atoms with Gasteiger partial charge in [0.15, 0.2) is 0 Å². The van der Waals surface area contributed by atoms with Crippen molar-refractivity contribution in [3.8, 4) is 5.75 Å². The van der Waals surface area contributed by atoms with E-state index in [2.05, 4.69) is 21.2 Å². The highest BCUT2D eigenvalue weighted by Crippen LogP contribution is 2.20. The largest absolute Gasteiger partial charge is 0.491 e. The highest BCUT2D eigenvalue weighted by atomic mass is 79.9. The minimum atomic E-state index is -0.125. The van der Waals surface area contributed by atoms with Crippen molar-refractivity contribution in [2.24, 2.45) is 0 Å². The summed E-state index contributed by atoms with van der Waals surface area (Å²) in [7, 11) is 0. The molecule has 0 heterocycles. The average Bonchev–Trinajstić information content (AvgIpc) is 2.48. The molecule has 21 heavy (non-hydrogen) atoms. The number of rotatable bonds is 5. The lowest BCUT2D eigenvalue weighted by Gasteiger charge is -2.11. The molecule has 1 amide bonds. The average molecular weight is 348 g/mol. The number of nitrogens with one attached hydrogen (secondary N) is 1. The van der Waals surface area contributed by atoms with Gasteiger partial charge < -0.3 is 10.1 Å². The molecule has 0 atom stereocenters. The lowest BCUT2D eigenvalue weighted by Crippen LogP contribution is -2.13. The molecule has 2 rings (SSSR count). The maximum absolute atomic E-state index is 12.2. The van der Waals surface area contributed by atoms with Crippen molar-refractivity contribution in [1.82, 2.24) is 0 Å². The van der Waals surface area contributed by atoms with E-state index in [1.165, 1.54) is 0 Å². The Kier molecular flexibility index (Phi) is 5.39. The SMILES string of the molecule is CC(C)Oc1ccc(C(=O)Nc2ccccc2CBr)cc1. The van der Waals surface area contributed by atoms with Crippen LogP contribution in [0, 0.1) is 0 Å². The van der Waals surface area contributed by atoms with Crippen molar-refractivity contribution in [2.75, 3.05) is 5.32 Å². The number of carbonyl (C=O) groups is 1. The highest BCUT2D eigenvalue weighted by molar-refractivity contribution is 9.08. The van der Waals surface area contributed by atoms with Crippen LogP contribution in [0.5, 0.6) is 5.75 Å². The van der Waals surface area contributed by atoms with Crippen molar-refractivity contribution in [3.63, 3.8) is 0 Å². The molecule has 0 saturated heterocycles. The second-order valence-corrected chi connectivity index (χ2v) is 5.50. The Hall–Kier alpha value is -1.81. The van der Waals surface area contributed by atoms with Crippen LogP contribution in [0.15, 0.2) is 48.5 Å². The van der Waals surface area contributed by atoms with Gasteiger partial charge in [-0.25, -0.2) is 0 Å². The Balaban J connectivity index is 2.09.